The van der Waals surface area contributed by atoms with Gasteiger partial charge in [0.2, 0.25) is 0 Å². The van der Waals surface area contributed by atoms with E-state index in [4.69, 9.17) is 14.2 Å². The summed E-state index contributed by atoms with van der Waals surface area (Å²) in [5, 5.41) is 0. The van der Waals surface area contributed by atoms with Crippen molar-refractivity contribution in [1.29, 1.82) is 0 Å². The maximum atomic E-state index is 12.7. The topological polar surface area (TPSA) is 48.0 Å². The molecule has 0 aliphatic carbocycles. The average Bonchev–Trinajstić information content (AvgIpc) is 3.02. The zero-order valence-electron chi connectivity index (χ0n) is 13.9. The van der Waals surface area contributed by atoms with Crippen molar-refractivity contribution in [2.45, 2.75) is 45.0 Å². The fraction of sp³-hybridized carbons (Fsp3) is 0.611. The van der Waals surface area contributed by atoms with E-state index in [9.17, 15) is 4.79 Å². The van der Waals surface area contributed by atoms with Crippen molar-refractivity contribution in [2.75, 3.05) is 26.3 Å². The minimum Gasteiger partial charge on any atom is -0.481 e. The Morgan fingerprint density at radius 2 is 1.83 bits per heavy atom. The molecule has 0 saturated carbocycles. The number of likely N-dealkylation sites (tertiary alicyclic amines) is 1. The predicted molar refractivity (Wildman–Crippen MR) is 86.3 cm³/mol. The molecule has 5 heteroatoms. The van der Waals surface area contributed by atoms with Crippen molar-refractivity contribution in [3.05, 3.63) is 29.8 Å². The highest BCUT2D eigenvalue weighted by Gasteiger charge is 2.41. The molecule has 1 spiro atoms. The highest BCUT2D eigenvalue weighted by atomic mass is 16.7. The van der Waals surface area contributed by atoms with Gasteiger partial charge in [-0.3, -0.25) is 4.79 Å². The Hall–Kier alpha value is -1.59. The molecule has 3 rings (SSSR count). The summed E-state index contributed by atoms with van der Waals surface area (Å²) in [4.78, 5) is 14.6. The third kappa shape index (κ3) is 3.67. The summed E-state index contributed by atoms with van der Waals surface area (Å²) >= 11 is 0. The van der Waals surface area contributed by atoms with Crippen molar-refractivity contribution in [2.24, 2.45) is 0 Å². The summed E-state index contributed by atoms with van der Waals surface area (Å²) in [6.45, 7) is 6.64. The van der Waals surface area contributed by atoms with Crippen LogP contribution in [0.5, 0.6) is 5.75 Å². The zero-order chi connectivity index (χ0) is 16.3. The van der Waals surface area contributed by atoms with Gasteiger partial charge in [-0.15, -0.1) is 0 Å². The van der Waals surface area contributed by atoms with Gasteiger partial charge < -0.3 is 19.1 Å². The van der Waals surface area contributed by atoms with Crippen LogP contribution in [0.2, 0.25) is 0 Å². The smallest absolute Gasteiger partial charge is 0.263 e. The zero-order valence-corrected chi connectivity index (χ0v) is 13.9. The van der Waals surface area contributed by atoms with E-state index in [1.165, 1.54) is 5.56 Å². The molecule has 0 unspecified atom stereocenters. The van der Waals surface area contributed by atoms with Crippen LogP contribution in [-0.2, 0) is 14.3 Å². The number of ether oxygens (including phenoxy) is 3. The first-order chi connectivity index (χ1) is 11.1. The Kier molecular flexibility index (Phi) is 4.87. The summed E-state index contributed by atoms with van der Waals surface area (Å²) in [6.07, 6.45) is 1.69. The Balaban J connectivity index is 1.58. The van der Waals surface area contributed by atoms with Crippen LogP contribution >= 0.6 is 0 Å². The highest BCUT2D eigenvalue weighted by Crippen LogP contribution is 2.31. The Morgan fingerprint density at radius 3 is 2.39 bits per heavy atom. The third-order valence-corrected chi connectivity index (χ3v) is 4.60. The quantitative estimate of drug-likeness (QED) is 0.855. The first-order valence-corrected chi connectivity index (χ1v) is 8.42. The Morgan fingerprint density at radius 1 is 1.22 bits per heavy atom. The maximum absolute atomic E-state index is 12.7. The lowest BCUT2D eigenvalue weighted by Crippen LogP contribution is -2.50. The summed E-state index contributed by atoms with van der Waals surface area (Å²) in [6, 6.07) is 7.81. The van der Waals surface area contributed by atoms with Gasteiger partial charge in [0.15, 0.2) is 11.9 Å². The van der Waals surface area contributed by atoms with Crippen molar-refractivity contribution >= 4 is 5.91 Å². The minimum absolute atomic E-state index is 0.0564. The molecule has 2 aliphatic rings. The number of piperidine rings is 1. The van der Waals surface area contributed by atoms with E-state index in [1.54, 1.807) is 0 Å². The van der Waals surface area contributed by atoms with Gasteiger partial charge in [-0.2, -0.15) is 0 Å². The fourth-order valence-electron chi connectivity index (χ4n) is 3.15. The van der Waals surface area contributed by atoms with E-state index in [2.05, 4.69) is 0 Å². The number of nitrogens with zero attached hydrogens (tertiary/aromatic N) is 1. The fourth-order valence-corrected chi connectivity index (χ4v) is 3.15. The molecule has 23 heavy (non-hydrogen) atoms. The number of hydrogen-bond acceptors (Lipinski definition) is 4. The number of carbonyl (C=O) groups is 1. The molecular weight excluding hydrogens is 294 g/mol. The largest absolute Gasteiger partial charge is 0.481 e. The lowest BCUT2D eigenvalue weighted by atomic mass is 10.0. The number of hydrogen-bond donors (Lipinski definition) is 0. The molecule has 0 aromatic heterocycles. The van der Waals surface area contributed by atoms with E-state index >= 15 is 0 Å². The average molecular weight is 319 g/mol. The van der Waals surface area contributed by atoms with Crippen LogP contribution in [0.4, 0.5) is 0 Å². The lowest BCUT2D eigenvalue weighted by Gasteiger charge is -2.38. The normalized spacial score (nSPS) is 21.4. The first-order valence-electron chi connectivity index (χ1n) is 8.42. The van der Waals surface area contributed by atoms with E-state index in [1.807, 2.05) is 43.0 Å². The molecule has 1 amide bonds. The summed E-state index contributed by atoms with van der Waals surface area (Å²) in [5.41, 5.74) is 1.18. The molecule has 0 bridgehead atoms. The van der Waals surface area contributed by atoms with E-state index < -0.39 is 11.9 Å². The molecular formula is C18H25NO4. The van der Waals surface area contributed by atoms with Gasteiger partial charge >= 0.3 is 0 Å². The van der Waals surface area contributed by atoms with Crippen LogP contribution < -0.4 is 4.74 Å². The van der Waals surface area contributed by atoms with Gasteiger partial charge in [-0.25, -0.2) is 0 Å². The molecule has 0 radical (unpaired) electrons. The number of carbonyl (C=O) groups excluding carboxylic acids is 1. The molecule has 0 N–H and O–H groups in total. The second kappa shape index (κ2) is 6.89. The van der Waals surface area contributed by atoms with Crippen LogP contribution in [-0.4, -0.2) is 49.0 Å². The summed E-state index contributed by atoms with van der Waals surface area (Å²) < 4.78 is 17.3. The predicted octanol–water partition coefficient (Wildman–Crippen LogP) is 2.52. The second-order valence-electron chi connectivity index (χ2n) is 6.26. The molecule has 1 aromatic carbocycles. The van der Waals surface area contributed by atoms with Crippen molar-refractivity contribution in [3.8, 4) is 5.75 Å². The second-order valence-corrected chi connectivity index (χ2v) is 6.26. The van der Waals surface area contributed by atoms with Crippen LogP contribution in [0, 0.1) is 6.92 Å². The van der Waals surface area contributed by atoms with E-state index in [-0.39, 0.29) is 5.91 Å². The highest BCUT2D eigenvalue weighted by molar-refractivity contribution is 5.81. The molecule has 2 fully saturated rings. The van der Waals surface area contributed by atoms with Gasteiger partial charge in [0.25, 0.3) is 5.91 Å². The lowest BCUT2D eigenvalue weighted by molar-refractivity contribution is -0.189. The SMILES string of the molecule is CC[C@@H](Oc1ccc(C)cc1)C(=O)N1CCC2(CC1)OCCO2. The molecule has 2 heterocycles. The number of rotatable bonds is 4. The first kappa shape index (κ1) is 16.3. The minimum atomic E-state index is -0.448. The van der Waals surface area contributed by atoms with E-state index in [0.717, 1.165) is 18.6 Å². The van der Waals surface area contributed by atoms with Crippen molar-refractivity contribution in [3.63, 3.8) is 0 Å². The number of amides is 1. The monoisotopic (exact) mass is 319 g/mol. The van der Waals surface area contributed by atoms with Crippen molar-refractivity contribution in [1.82, 2.24) is 4.90 Å². The molecule has 2 saturated heterocycles. The molecule has 126 valence electrons. The Labute approximate surface area is 137 Å². The van der Waals surface area contributed by atoms with Gasteiger partial charge in [0.1, 0.15) is 5.75 Å². The molecule has 1 aromatic rings. The summed E-state index contributed by atoms with van der Waals surface area (Å²) in [7, 11) is 0. The van der Waals surface area contributed by atoms with Crippen LogP contribution in [0.1, 0.15) is 31.7 Å². The summed E-state index contributed by atoms with van der Waals surface area (Å²) in [5.74, 6) is 0.351. The molecule has 5 nitrogen and oxygen atoms in total. The van der Waals surface area contributed by atoms with Crippen molar-refractivity contribution < 1.29 is 19.0 Å². The number of aryl methyl sites for hydroxylation is 1. The van der Waals surface area contributed by atoms with Gasteiger partial charge in [-0.1, -0.05) is 24.6 Å². The maximum Gasteiger partial charge on any atom is 0.263 e. The molecule has 1 atom stereocenters. The van der Waals surface area contributed by atoms with Crippen LogP contribution in [0.25, 0.3) is 0 Å². The van der Waals surface area contributed by atoms with Gasteiger partial charge in [-0.05, 0) is 25.5 Å². The third-order valence-electron chi connectivity index (χ3n) is 4.60. The number of benzene rings is 1. The van der Waals surface area contributed by atoms with Crippen LogP contribution in [0.15, 0.2) is 24.3 Å². The van der Waals surface area contributed by atoms with Gasteiger partial charge in [0.05, 0.1) is 13.2 Å². The van der Waals surface area contributed by atoms with Crippen LogP contribution in [0.3, 0.4) is 0 Å². The molecule has 2 aliphatic heterocycles. The van der Waals surface area contributed by atoms with Gasteiger partial charge in [0, 0.05) is 25.9 Å². The Bertz CT molecular complexity index is 526. The standard InChI is InChI=1S/C18H25NO4/c1-3-16(23-15-6-4-14(2)5-7-15)17(20)19-10-8-18(9-11-19)21-12-13-22-18/h4-7,16H,3,8-13H2,1-2H3/t16-/m1/s1. The van der Waals surface area contributed by atoms with E-state index in [0.29, 0.717) is 32.7 Å².